The summed E-state index contributed by atoms with van der Waals surface area (Å²) < 4.78 is 3.62. The Morgan fingerprint density at radius 3 is 1.55 bits per heavy atom. The van der Waals surface area contributed by atoms with Gasteiger partial charge in [0.05, 0.1) is 0 Å². The van der Waals surface area contributed by atoms with Crippen molar-refractivity contribution in [1.82, 2.24) is 0 Å². The van der Waals surface area contributed by atoms with Crippen LogP contribution in [-0.2, 0) is 30.4 Å². The number of halogens is 4. The fourth-order valence-corrected chi connectivity index (χ4v) is 46.1. The number of rotatable bonds is 4. The topological polar surface area (TPSA) is 40.5 Å². The van der Waals surface area contributed by atoms with Gasteiger partial charge in [-0.25, -0.2) is 0 Å². The molecule has 0 aromatic heterocycles. The van der Waals surface area contributed by atoms with Crippen LogP contribution < -0.4 is 0 Å². The van der Waals surface area contributed by atoms with E-state index in [4.69, 9.17) is 0 Å². The summed E-state index contributed by atoms with van der Waals surface area (Å²) in [4.78, 5) is 0. The normalized spacial score (nSPS) is 25.8. The monoisotopic (exact) mass is 880 g/mol. The molecule has 2 nitrogen and oxygen atoms in total. The van der Waals surface area contributed by atoms with Gasteiger partial charge in [-0.1, -0.05) is 0 Å². The predicted molar refractivity (Wildman–Crippen MR) is 145 cm³/mol. The predicted octanol–water partition coefficient (Wildman–Crippen LogP) is 9.40. The van der Waals surface area contributed by atoms with Gasteiger partial charge in [0, 0.05) is 0 Å². The van der Waals surface area contributed by atoms with E-state index in [1.165, 1.54) is 38.5 Å². The zero-order chi connectivity index (χ0) is 22.1. The molecule has 0 saturated heterocycles. The number of phenols is 2. The Balaban J connectivity index is 1.72. The first-order valence-corrected chi connectivity index (χ1v) is 25.2. The fourth-order valence-electron chi connectivity index (χ4n) is 4.40. The van der Waals surface area contributed by atoms with Gasteiger partial charge < -0.3 is 0 Å². The first-order chi connectivity index (χ1) is 14.8. The number of phenolic OH excluding ortho intramolecular Hbond substituents is 2. The van der Waals surface area contributed by atoms with E-state index in [0.29, 0.717) is 25.9 Å². The minimum absolute atomic E-state index is 0.419. The maximum atomic E-state index is 10.7. The molecular weight excluding hydrogens is 858 g/mol. The Kier molecular flexibility index (Phi) is 9.51. The van der Waals surface area contributed by atoms with Crippen LogP contribution >= 0.6 is 78.1 Å². The van der Waals surface area contributed by atoms with Crippen molar-refractivity contribution in [3.63, 3.8) is 0 Å². The van der Waals surface area contributed by atoms with Gasteiger partial charge in [-0.3, -0.25) is 0 Å². The summed E-state index contributed by atoms with van der Waals surface area (Å²) in [5.74, 6) is 2.90. The van der Waals surface area contributed by atoms with Crippen molar-refractivity contribution in [2.75, 3.05) is 0 Å². The second-order valence-electron chi connectivity index (χ2n) is 8.09. The van der Waals surface area contributed by atoms with Gasteiger partial charge in [0.2, 0.25) is 0 Å². The van der Waals surface area contributed by atoms with Gasteiger partial charge in [0.15, 0.2) is 0 Å². The van der Waals surface area contributed by atoms with Crippen LogP contribution in [0.15, 0.2) is 42.2 Å². The van der Waals surface area contributed by atoms with E-state index >= 15 is 0 Å². The fraction of sp³-hybridized carbons (Fsp3) is 0.455. The van der Waals surface area contributed by atoms with Crippen molar-refractivity contribution in [3.8, 4) is 11.5 Å². The molecular formula is C22H24Br4HfO2S2. The molecule has 2 N–H and O–H groups in total. The average Bonchev–Trinajstić information content (AvgIpc) is 2.98. The summed E-state index contributed by atoms with van der Waals surface area (Å²) in [6, 6.07) is 8.08. The molecule has 0 spiro atoms. The van der Waals surface area contributed by atoms with E-state index in [1.54, 1.807) is 0 Å². The molecule has 1 saturated carbocycles. The first-order valence-electron chi connectivity index (χ1n) is 10.3. The Hall–Kier alpha value is 1.53. The molecule has 0 bridgehead atoms. The van der Waals surface area contributed by atoms with E-state index in [2.05, 4.69) is 75.9 Å². The van der Waals surface area contributed by atoms with Crippen LogP contribution in [-0.4, -0.2) is 20.7 Å². The molecule has 4 atom stereocenters. The standard InChI is InChI=1S/C22H24Br4O2S2.Hf/c23-15-7-13(21(27)17(25)9-15)11-29-19-5-3-1-2-4-6-20(19)30-12-14-8-16(24)10-18(26)22(14)28;/h7-10,19-20,27-28H,1-6,11-12H2;/t19-,20-;/m0./s1. The summed E-state index contributed by atoms with van der Waals surface area (Å²) in [7, 11) is 0.877. The van der Waals surface area contributed by atoms with Gasteiger partial charge in [-0.05, 0) is 0 Å². The van der Waals surface area contributed by atoms with Crippen LogP contribution in [0.1, 0.15) is 49.7 Å². The van der Waals surface area contributed by atoms with Crippen LogP contribution in [0.4, 0.5) is 0 Å². The molecule has 2 aromatic rings. The van der Waals surface area contributed by atoms with Crippen molar-refractivity contribution >= 4 is 78.1 Å². The van der Waals surface area contributed by atoms with Crippen LogP contribution in [0.3, 0.4) is 0 Å². The molecule has 31 heavy (non-hydrogen) atoms. The van der Waals surface area contributed by atoms with Crippen LogP contribution in [0.25, 0.3) is 0 Å². The van der Waals surface area contributed by atoms with Gasteiger partial charge in [0.1, 0.15) is 0 Å². The molecule has 1 heterocycles. The maximum absolute atomic E-state index is 10.7. The zero-order valence-electron chi connectivity index (χ0n) is 16.8. The number of hydrogen-bond acceptors (Lipinski definition) is 2. The van der Waals surface area contributed by atoms with Gasteiger partial charge in [0.25, 0.3) is 0 Å². The van der Waals surface area contributed by atoms with Gasteiger partial charge in [-0.15, -0.1) is 0 Å². The number of fused-ring (bicyclic) bond motifs is 1. The van der Waals surface area contributed by atoms with Crippen molar-refractivity contribution in [3.05, 3.63) is 53.3 Å². The Morgan fingerprint density at radius 2 is 1.13 bits per heavy atom. The molecule has 9 heteroatoms. The van der Waals surface area contributed by atoms with Crippen LogP contribution in [0.2, 0.25) is 0 Å². The molecule has 1 aliphatic heterocycles. The summed E-state index contributed by atoms with van der Waals surface area (Å²) in [6.45, 7) is 0. The van der Waals surface area contributed by atoms with E-state index in [1.807, 2.05) is 12.1 Å². The number of aromatic hydroxyl groups is 2. The van der Waals surface area contributed by atoms with Crippen molar-refractivity contribution in [2.45, 2.75) is 60.5 Å². The minimum atomic E-state index is -0.951. The van der Waals surface area contributed by atoms with E-state index in [-0.39, 0.29) is 0 Å². The van der Waals surface area contributed by atoms with Crippen LogP contribution in [0, 0.1) is 0 Å². The molecule has 168 valence electrons. The van der Waals surface area contributed by atoms with E-state index in [0.717, 1.165) is 51.0 Å². The Labute approximate surface area is 229 Å². The second kappa shape index (κ2) is 11.5. The third kappa shape index (κ3) is 6.21. The SMILES string of the molecule is Oc1c(Br)cc(Br)cc1C[S]1=[Hf]=[S](Cc2cc(Br)cc(Br)c2O)[C@H]2CCCCCC[C@@H]21. The molecule has 4 rings (SSSR count). The third-order valence-electron chi connectivity index (χ3n) is 5.92. The second-order valence-corrected chi connectivity index (χ2v) is 32.5. The average molecular weight is 883 g/mol. The molecule has 2 aliphatic rings. The number of hydrogen-bond donors (Lipinski definition) is 2. The van der Waals surface area contributed by atoms with Gasteiger partial charge >= 0.3 is 232 Å². The summed E-state index contributed by atoms with van der Waals surface area (Å²) in [5, 5.41) is 23.0. The van der Waals surface area contributed by atoms with E-state index < -0.39 is 18.9 Å². The van der Waals surface area contributed by atoms with E-state index in [9.17, 15) is 10.2 Å². The zero-order valence-corrected chi connectivity index (χ0v) is 28.4. The molecule has 1 aliphatic carbocycles. The molecule has 2 aromatic carbocycles. The number of benzene rings is 2. The Morgan fingerprint density at radius 1 is 0.710 bits per heavy atom. The summed E-state index contributed by atoms with van der Waals surface area (Å²) >= 11 is 13.3. The van der Waals surface area contributed by atoms with Crippen molar-refractivity contribution < 1.29 is 29.1 Å². The van der Waals surface area contributed by atoms with Crippen LogP contribution in [0.5, 0.6) is 11.5 Å². The first kappa shape index (κ1) is 25.6. The van der Waals surface area contributed by atoms with Gasteiger partial charge in [-0.2, -0.15) is 0 Å². The summed E-state index contributed by atoms with van der Waals surface area (Å²) in [5.41, 5.74) is 2.19. The van der Waals surface area contributed by atoms with Crippen molar-refractivity contribution in [1.29, 1.82) is 0 Å². The molecule has 1 fully saturated rings. The molecule has 2 unspecified atom stereocenters. The molecule has 0 radical (unpaired) electrons. The quantitative estimate of drug-likeness (QED) is 0.301. The Bertz CT molecular complexity index is 1000. The third-order valence-corrected chi connectivity index (χ3v) is 37.2. The van der Waals surface area contributed by atoms with Crippen molar-refractivity contribution in [2.24, 2.45) is 0 Å². The summed E-state index contributed by atoms with van der Waals surface area (Å²) in [6.07, 6.45) is 8.16. The molecule has 0 amide bonds.